The van der Waals surface area contributed by atoms with Crippen LogP contribution in [0.4, 0.5) is 0 Å². The van der Waals surface area contributed by atoms with Gasteiger partial charge >= 0.3 is 0 Å². The predicted octanol–water partition coefficient (Wildman–Crippen LogP) is 4.53. The van der Waals surface area contributed by atoms with Crippen LogP contribution in [0.25, 0.3) is 11.0 Å². The van der Waals surface area contributed by atoms with E-state index in [-0.39, 0.29) is 0 Å². The van der Waals surface area contributed by atoms with E-state index in [1.165, 1.54) is 19.3 Å². The summed E-state index contributed by atoms with van der Waals surface area (Å²) in [5.74, 6) is 2.29. The van der Waals surface area contributed by atoms with Gasteiger partial charge < -0.3 is 9.30 Å². The number of hydrogen-bond acceptors (Lipinski definition) is 2. The van der Waals surface area contributed by atoms with Gasteiger partial charge in [0.25, 0.3) is 0 Å². The summed E-state index contributed by atoms with van der Waals surface area (Å²) in [4.78, 5) is 4.67. The minimum atomic E-state index is 0.406. The molecule has 4 heteroatoms. The van der Waals surface area contributed by atoms with Gasteiger partial charge in [0.2, 0.25) is 0 Å². The average Bonchev–Trinajstić information content (AvgIpc) is 2.97. The summed E-state index contributed by atoms with van der Waals surface area (Å²) in [5.41, 5.74) is 2.55. The Labute approximate surface area is 124 Å². The van der Waals surface area contributed by atoms with Crippen molar-refractivity contribution in [1.29, 1.82) is 0 Å². The molecule has 1 aromatic carbocycles. The Bertz CT molecular complexity index is 633. The van der Waals surface area contributed by atoms with E-state index in [0.29, 0.717) is 17.3 Å². The highest BCUT2D eigenvalue weighted by molar-refractivity contribution is 6.16. The van der Waals surface area contributed by atoms with Gasteiger partial charge in [-0.3, -0.25) is 0 Å². The van der Waals surface area contributed by atoms with E-state index in [1.807, 2.05) is 12.1 Å². The lowest BCUT2D eigenvalue weighted by Crippen LogP contribution is -2.11. The molecule has 0 bridgehead atoms. The van der Waals surface area contributed by atoms with E-state index in [4.69, 9.17) is 16.3 Å². The fraction of sp³-hybridized carbons (Fsp3) is 0.562. The van der Waals surface area contributed by atoms with Crippen LogP contribution in [0.5, 0.6) is 5.75 Å². The Balaban J connectivity index is 2.12. The van der Waals surface area contributed by atoms with E-state index in [9.17, 15) is 0 Å². The van der Waals surface area contributed by atoms with Crippen LogP contribution < -0.4 is 4.74 Å². The monoisotopic (exact) mass is 292 g/mol. The van der Waals surface area contributed by atoms with Gasteiger partial charge in [0.1, 0.15) is 11.6 Å². The number of halogens is 1. The molecule has 0 radical (unpaired) electrons. The Morgan fingerprint density at radius 1 is 1.45 bits per heavy atom. The maximum atomic E-state index is 6.11. The summed E-state index contributed by atoms with van der Waals surface area (Å²) < 4.78 is 7.68. The molecule has 0 amide bonds. The van der Waals surface area contributed by atoms with Crippen LogP contribution in [-0.4, -0.2) is 16.7 Å². The number of benzene rings is 1. The van der Waals surface area contributed by atoms with Crippen LogP contribution in [0.15, 0.2) is 18.2 Å². The second kappa shape index (κ2) is 4.96. The molecule has 1 aliphatic carbocycles. The standard InChI is InChI=1S/C16H21ClN2O/c1-16(2)7-6-11(9-16)19-14-8-12(20-3)4-5-13(14)18-15(19)10-17/h4-5,8,11H,6-7,9-10H2,1-3H3. The third-order valence-corrected chi connectivity index (χ3v) is 4.64. The minimum absolute atomic E-state index is 0.406. The molecule has 1 aromatic heterocycles. The van der Waals surface area contributed by atoms with Crippen molar-refractivity contribution in [2.24, 2.45) is 5.41 Å². The predicted molar refractivity (Wildman–Crippen MR) is 82.5 cm³/mol. The summed E-state index contributed by atoms with van der Waals surface area (Å²) in [5, 5.41) is 0. The molecule has 20 heavy (non-hydrogen) atoms. The summed E-state index contributed by atoms with van der Waals surface area (Å²) in [6.45, 7) is 4.68. The molecule has 1 unspecified atom stereocenters. The Kier molecular flexibility index (Phi) is 3.41. The first-order valence-electron chi connectivity index (χ1n) is 7.15. The lowest BCUT2D eigenvalue weighted by molar-refractivity contribution is 0.359. The van der Waals surface area contributed by atoms with Crippen LogP contribution in [-0.2, 0) is 5.88 Å². The van der Waals surface area contributed by atoms with Crippen molar-refractivity contribution in [2.75, 3.05) is 7.11 Å². The van der Waals surface area contributed by atoms with Gasteiger partial charge in [0.15, 0.2) is 0 Å². The first-order chi connectivity index (χ1) is 9.54. The van der Waals surface area contributed by atoms with E-state index < -0.39 is 0 Å². The third-order valence-electron chi connectivity index (χ3n) is 4.40. The molecule has 1 heterocycles. The number of ether oxygens (including phenoxy) is 1. The van der Waals surface area contributed by atoms with Gasteiger partial charge in [-0.2, -0.15) is 0 Å². The number of rotatable bonds is 3. The molecule has 1 aliphatic rings. The number of methoxy groups -OCH3 is 1. The maximum Gasteiger partial charge on any atom is 0.125 e. The highest BCUT2D eigenvalue weighted by Gasteiger charge is 2.33. The minimum Gasteiger partial charge on any atom is -0.497 e. The fourth-order valence-electron chi connectivity index (χ4n) is 3.37. The van der Waals surface area contributed by atoms with E-state index >= 15 is 0 Å². The lowest BCUT2D eigenvalue weighted by Gasteiger charge is -2.20. The highest BCUT2D eigenvalue weighted by Crippen LogP contribution is 2.45. The molecular formula is C16H21ClN2O. The zero-order valence-corrected chi connectivity index (χ0v) is 13.1. The van der Waals surface area contributed by atoms with Crippen molar-refractivity contribution in [1.82, 2.24) is 9.55 Å². The van der Waals surface area contributed by atoms with Crippen LogP contribution in [0.3, 0.4) is 0 Å². The molecule has 0 aliphatic heterocycles. The zero-order valence-electron chi connectivity index (χ0n) is 12.3. The number of nitrogens with zero attached hydrogens (tertiary/aromatic N) is 2. The van der Waals surface area contributed by atoms with E-state index in [1.54, 1.807) is 7.11 Å². The van der Waals surface area contributed by atoms with Crippen LogP contribution in [0, 0.1) is 5.41 Å². The van der Waals surface area contributed by atoms with Crippen molar-refractivity contribution in [3.8, 4) is 5.75 Å². The second-order valence-corrected chi connectivity index (χ2v) is 6.71. The highest BCUT2D eigenvalue weighted by atomic mass is 35.5. The molecule has 0 saturated heterocycles. The topological polar surface area (TPSA) is 27.1 Å². The summed E-state index contributed by atoms with van der Waals surface area (Å²) in [6.07, 6.45) is 3.63. The number of imidazole rings is 1. The number of alkyl halides is 1. The Morgan fingerprint density at radius 3 is 2.85 bits per heavy atom. The lowest BCUT2D eigenvalue weighted by atomic mass is 9.92. The van der Waals surface area contributed by atoms with Gasteiger partial charge in [-0.05, 0) is 36.8 Å². The van der Waals surface area contributed by atoms with Crippen molar-refractivity contribution >= 4 is 22.6 Å². The molecule has 1 fully saturated rings. The molecule has 3 nitrogen and oxygen atoms in total. The van der Waals surface area contributed by atoms with Gasteiger partial charge in [-0.1, -0.05) is 13.8 Å². The molecular weight excluding hydrogens is 272 g/mol. The van der Waals surface area contributed by atoms with Crippen LogP contribution >= 0.6 is 11.6 Å². The maximum absolute atomic E-state index is 6.11. The zero-order chi connectivity index (χ0) is 14.3. The molecule has 0 spiro atoms. The molecule has 2 aromatic rings. The molecule has 3 rings (SSSR count). The van der Waals surface area contributed by atoms with Crippen molar-refractivity contribution < 1.29 is 4.74 Å². The van der Waals surface area contributed by atoms with Crippen molar-refractivity contribution in [3.63, 3.8) is 0 Å². The van der Waals surface area contributed by atoms with Crippen molar-refractivity contribution in [2.45, 2.75) is 45.0 Å². The van der Waals surface area contributed by atoms with Gasteiger partial charge in [0, 0.05) is 12.1 Å². The van der Waals surface area contributed by atoms with Gasteiger partial charge in [-0.15, -0.1) is 11.6 Å². The first kappa shape index (κ1) is 13.7. The SMILES string of the molecule is COc1ccc2nc(CCl)n(C3CCC(C)(C)C3)c2c1. The van der Waals surface area contributed by atoms with E-state index in [0.717, 1.165) is 22.6 Å². The largest absolute Gasteiger partial charge is 0.497 e. The molecule has 108 valence electrons. The second-order valence-electron chi connectivity index (χ2n) is 6.45. The Hall–Kier alpha value is -1.22. The van der Waals surface area contributed by atoms with Crippen LogP contribution in [0.2, 0.25) is 0 Å². The number of fused-ring (bicyclic) bond motifs is 1. The van der Waals surface area contributed by atoms with Crippen molar-refractivity contribution in [3.05, 3.63) is 24.0 Å². The third kappa shape index (κ3) is 2.28. The first-order valence-corrected chi connectivity index (χ1v) is 7.68. The van der Waals surface area contributed by atoms with Crippen LogP contribution in [0.1, 0.15) is 45.0 Å². The van der Waals surface area contributed by atoms with Gasteiger partial charge in [-0.25, -0.2) is 4.98 Å². The number of hydrogen-bond donors (Lipinski definition) is 0. The normalized spacial score (nSPS) is 21.5. The average molecular weight is 293 g/mol. The van der Waals surface area contributed by atoms with Gasteiger partial charge in [0.05, 0.1) is 24.0 Å². The number of aromatic nitrogens is 2. The quantitative estimate of drug-likeness (QED) is 0.777. The molecule has 1 saturated carbocycles. The molecule has 1 atom stereocenters. The summed E-state index contributed by atoms with van der Waals surface area (Å²) in [6, 6.07) is 6.54. The molecule has 0 N–H and O–H groups in total. The fourth-order valence-corrected chi connectivity index (χ4v) is 3.56. The summed E-state index contributed by atoms with van der Waals surface area (Å²) in [7, 11) is 1.70. The smallest absolute Gasteiger partial charge is 0.125 e. The Morgan fingerprint density at radius 2 is 2.25 bits per heavy atom. The van der Waals surface area contributed by atoms with E-state index in [2.05, 4.69) is 29.5 Å². The summed E-state index contributed by atoms with van der Waals surface area (Å²) >= 11 is 6.11.